The molecule has 0 unspecified atom stereocenters. The number of amides is 1. The fourth-order valence-corrected chi connectivity index (χ4v) is 17.3. The van der Waals surface area contributed by atoms with Crippen molar-refractivity contribution in [2.24, 2.45) is 52.8 Å². The number of esters is 1. The Hall–Kier alpha value is -3.45. The summed E-state index contributed by atoms with van der Waals surface area (Å²) in [5.74, 6) is -4.04. The lowest BCUT2D eigenvalue weighted by molar-refractivity contribution is -0.346. The maximum atomic E-state index is 15.7. The van der Waals surface area contributed by atoms with Gasteiger partial charge in [-0.3, -0.25) is 9.59 Å². The molecule has 6 N–H and O–H groups in total. The van der Waals surface area contributed by atoms with E-state index >= 15 is 4.79 Å². The molecule has 10 rings (SSSR count). The number of aliphatic hydroxyl groups is 5. The molecule has 30 atom stereocenters. The first-order valence-electron chi connectivity index (χ1n) is 33.1. The second-order valence-electron chi connectivity index (χ2n) is 28.6. The number of hydrogen-bond acceptors (Lipinski definition) is 19. The van der Waals surface area contributed by atoms with Gasteiger partial charge in [-0.2, -0.15) is 0 Å². The molecular formula is C68H103NO19. The van der Waals surface area contributed by atoms with Crippen LogP contribution in [-0.4, -0.2) is 171 Å². The van der Waals surface area contributed by atoms with Crippen LogP contribution in [0.25, 0.3) is 0 Å². The van der Waals surface area contributed by atoms with Crippen molar-refractivity contribution in [2.75, 3.05) is 0 Å². The summed E-state index contributed by atoms with van der Waals surface area (Å²) < 4.78 is 72.4. The Morgan fingerprint density at radius 3 is 1.99 bits per heavy atom. The van der Waals surface area contributed by atoms with Crippen LogP contribution in [0.15, 0.2) is 58.9 Å². The van der Waals surface area contributed by atoms with Crippen LogP contribution in [0, 0.1) is 52.8 Å². The van der Waals surface area contributed by atoms with Gasteiger partial charge in [0.05, 0.1) is 78.8 Å². The second-order valence-corrected chi connectivity index (χ2v) is 28.6. The number of allylic oxidation sites excluding steroid dienone is 4. The Balaban J connectivity index is 0.907. The molecule has 0 aromatic rings. The summed E-state index contributed by atoms with van der Waals surface area (Å²) in [7, 11) is 0. The molecule has 0 radical (unpaired) electrons. The van der Waals surface area contributed by atoms with Crippen LogP contribution in [0.2, 0.25) is 0 Å². The summed E-state index contributed by atoms with van der Waals surface area (Å²) in [5, 5.41) is 59.4. The van der Waals surface area contributed by atoms with E-state index in [1.807, 2.05) is 53.7 Å². The molecule has 1 amide bonds. The lowest BCUT2D eigenvalue weighted by Gasteiger charge is -2.56. The van der Waals surface area contributed by atoms with Crippen molar-refractivity contribution in [3.05, 3.63) is 58.9 Å². The van der Waals surface area contributed by atoms with Crippen molar-refractivity contribution < 1.29 is 92.0 Å². The third kappa shape index (κ3) is 13.4. The van der Waals surface area contributed by atoms with Crippen LogP contribution < -0.4 is 5.32 Å². The smallest absolute Gasteiger partial charge is 0.346 e. The Morgan fingerprint density at radius 1 is 0.659 bits per heavy atom. The van der Waals surface area contributed by atoms with E-state index in [1.54, 1.807) is 20.8 Å². The topological polar surface area (TPSA) is 266 Å². The molecule has 494 valence electrons. The van der Waals surface area contributed by atoms with Gasteiger partial charge in [-0.25, -0.2) is 4.79 Å². The maximum Gasteiger partial charge on any atom is 0.346 e. The number of rotatable bonds is 13. The van der Waals surface area contributed by atoms with Crippen LogP contribution in [0.4, 0.5) is 0 Å². The SMILES string of the molecule is CCC[C@@H]1C=C[C@H]2/C=C(\C)[C@@H](O[C@@H]3C[C@](C)(O)[C@H](NC(C)=O)[C@@H](C)O3)[C@H](C)/C=C(/C)[C@H]3C=C[C@@H]4[C@@H](O[C@H]5CC[C@@H](O[C@@H]6C[C@H](O[C@H]7CC[C@H](O)[C@@H](C)O7)[C@H](O[C@@H]7C[C@H](O)[C@H](O)[C@H](C)O7)[C@H](C)O6)[C@@H](C)O5)[C@H](C)C[C@H](C)[C@H]4[C@]3(C)C(O)=C3C(=O)O[C@]2(C1)C3=O. The monoisotopic (exact) mass is 1240 g/mol. The molecule has 2 bridgehead atoms. The van der Waals surface area contributed by atoms with E-state index in [0.717, 1.165) is 30.4 Å². The van der Waals surface area contributed by atoms with Crippen molar-refractivity contribution in [1.82, 2.24) is 5.32 Å². The van der Waals surface area contributed by atoms with Crippen LogP contribution in [-0.2, 0) is 66.5 Å². The molecule has 6 saturated heterocycles. The molecule has 20 heteroatoms. The molecule has 6 heterocycles. The molecule has 0 aromatic heterocycles. The first kappa shape index (κ1) is 67.4. The summed E-state index contributed by atoms with van der Waals surface area (Å²) in [4.78, 5) is 42.8. The summed E-state index contributed by atoms with van der Waals surface area (Å²) in [6.07, 6.45) is 6.05. The summed E-state index contributed by atoms with van der Waals surface area (Å²) in [5.41, 5.74) is -2.82. The Morgan fingerprint density at radius 2 is 1.31 bits per heavy atom. The molecule has 1 saturated carbocycles. The van der Waals surface area contributed by atoms with E-state index in [-0.39, 0.29) is 90.6 Å². The summed E-state index contributed by atoms with van der Waals surface area (Å²) >= 11 is 0. The van der Waals surface area contributed by atoms with E-state index < -0.39 is 145 Å². The van der Waals surface area contributed by atoms with Gasteiger partial charge in [-0.05, 0) is 110 Å². The number of carbonyl (C=O) groups is 3. The predicted molar refractivity (Wildman–Crippen MR) is 321 cm³/mol. The van der Waals surface area contributed by atoms with Gasteiger partial charge in [0.1, 0.15) is 23.5 Å². The van der Waals surface area contributed by atoms with Gasteiger partial charge < -0.3 is 83.0 Å². The zero-order valence-electron chi connectivity index (χ0n) is 54.3. The molecule has 7 fully saturated rings. The second kappa shape index (κ2) is 26.9. The van der Waals surface area contributed by atoms with Gasteiger partial charge in [0.2, 0.25) is 11.7 Å². The first-order valence-corrected chi connectivity index (χ1v) is 33.1. The highest BCUT2D eigenvalue weighted by Gasteiger charge is 2.64. The molecule has 4 aliphatic carbocycles. The Bertz CT molecular complexity index is 2660. The molecule has 88 heavy (non-hydrogen) atoms. The zero-order valence-corrected chi connectivity index (χ0v) is 54.3. The van der Waals surface area contributed by atoms with E-state index in [9.17, 15) is 35.1 Å². The van der Waals surface area contributed by atoms with Crippen molar-refractivity contribution in [3.8, 4) is 0 Å². The highest BCUT2D eigenvalue weighted by atomic mass is 16.8. The van der Waals surface area contributed by atoms with Crippen molar-refractivity contribution in [1.29, 1.82) is 0 Å². The number of ether oxygens (including phenoxy) is 11. The average molecular weight is 1240 g/mol. The van der Waals surface area contributed by atoms with Crippen molar-refractivity contribution >= 4 is 17.7 Å². The molecule has 6 aliphatic heterocycles. The lowest BCUT2D eigenvalue weighted by atomic mass is 9.49. The lowest BCUT2D eigenvalue weighted by Crippen LogP contribution is -2.62. The van der Waals surface area contributed by atoms with Crippen LogP contribution in [0.1, 0.15) is 168 Å². The fourth-order valence-electron chi connectivity index (χ4n) is 17.3. The van der Waals surface area contributed by atoms with Gasteiger partial charge in [0.25, 0.3) is 0 Å². The largest absolute Gasteiger partial charge is 0.511 e. The zero-order chi connectivity index (χ0) is 63.6. The molecule has 20 nitrogen and oxygen atoms in total. The number of Topliss-reactive ketones (excluding diaryl/α,β-unsaturated/α-hetero) is 1. The quantitative estimate of drug-likeness (QED) is 0.0579. The fraction of sp³-hybridized carbons (Fsp3) is 0.809. The minimum Gasteiger partial charge on any atom is -0.511 e. The highest BCUT2D eigenvalue weighted by molar-refractivity contribution is 6.26. The normalized spacial score (nSPS) is 50.4. The van der Waals surface area contributed by atoms with E-state index in [0.29, 0.717) is 25.7 Å². The standard InChI is InChI=1S/C68H103NO19/c1-15-16-43-17-18-44-27-36(6)59(87-55-31-66(13,77)62(41(11)82-55)69-42(12)70)34(4)25-32(2)46-20-19-45-57(67(46,14)63(74)56-64(75)68(44,30-43)88-65(56)76)33(3)26-35(5)60(45)85-52-24-22-49(38(8)79-52)83-54-29-50(84-51-23-21-47(71)37(7)78-51)61(40(10)81-54)86-53-28-48(72)58(73)39(9)80-53/h17-20,25,27,33-35,37-41,43-55,57-62,71-74,77H,15-16,21-24,26,28-31H2,1-14H3,(H,69,70)/b32-25-,36-27+,63-56?/t33-,34+,35+,37+,38+,39-,40-,41+,43+,44-,45-,46+,47-,48-,49+,50-,51-,52-,53+,54+,55+,57+,58+,59-,60-,61+,62+,66-,67+,68-/m0/s1. The number of carbonyl (C=O) groups excluding carboxylic acids is 3. The Labute approximate surface area is 520 Å². The minimum absolute atomic E-state index is 0.0149. The first-order chi connectivity index (χ1) is 41.5. The van der Waals surface area contributed by atoms with E-state index in [1.165, 1.54) is 6.92 Å². The number of ketones is 1. The molecular weight excluding hydrogens is 1130 g/mol. The highest BCUT2D eigenvalue weighted by Crippen LogP contribution is 2.61. The van der Waals surface area contributed by atoms with Gasteiger partial charge in [0.15, 0.2) is 37.1 Å². The Kier molecular flexibility index (Phi) is 20.6. The van der Waals surface area contributed by atoms with E-state index in [2.05, 4.69) is 57.3 Å². The predicted octanol–water partition coefficient (Wildman–Crippen LogP) is 8.02. The van der Waals surface area contributed by atoms with Crippen LogP contribution >= 0.6 is 0 Å². The number of fused-ring (bicyclic) bond motifs is 4. The third-order valence-electron chi connectivity index (χ3n) is 21.6. The van der Waals surface area contributed by atoms with Crippen LogP contribution in [0.3, 0.4) is 0 Å². The molecule has 0 aromatic carbocycles. The van der Waals surface area contributed by atoms with Gasteiger partial charge in [0, 0.05) is 74.5 Å². The molecule has 10 aliphatic rings. The van der Waals surface area contributed by atoms with Crippen molar-refractivity contribution in [2.45, 2.75) is 296 Å². The summed E-state index contributed by atoms with van der Waals surface area (Å²) in [6.45, 7) is 26.8. The van der Waals surface area contributed by atoms with Gasteiger partial charge in [-0.15, -0.1) is 0 Å². The van der Waals surface area contributed by atoms with E-state index in [4.69, 9.17) is 52.1 Å². The van der Waals surface area contributed by atoms with Gasteiger partial charge >= 0.3 is 5.97 Å². The molecule has 1 spiro atoms. The van der Waals surface area contributed by atoms with Gasteiger partial charge in [-0.1, -0.05) is 83.1 Å². The van der Waals surface area contributed by atoms with Crippen LogP contribution in [0.5, 0.6) is 0 Å². The maximum absolute atomic E-state index is 15.7. The number of aliphatic hydroxyl groups excluding tert-OH is 4. The number of hydrogen-bond donors (Lipinski definition) is 6. The summed E-state index contributed by atoms with van der Waals surface area (Å²) in [6, 6.07) is -0.672. The van der Waals surface area contributed by atoms with Crippen molar-refractivity contribution in [3.63, 3.8) is 0 Å². The number of nitrogens with one attached hydrogen (secondary N) is 1. The average Bonchev–Trinajstić information content (AvgIpc) is 1.31. The third-order valence-corrected chi connectivity index (χ3v) is 21.6. The minimum atomic E-state index is -1.63.